The summed E-state index contributed by atoms with van der Waals surface area (Å²) < 4.78 is 15.1. The Hall–Kier alpha value is -3.22. The molecule has 0 aromatic heterocycles. The molecule has 1 amide bonds. The van der Waals surface area contributed by atoms with Gasteiger partial charge in [-0.15, -0.1) is 0 Å². The third-order valence-corrected chi connectivity index (χ3v) is 3.39. The number of ether oxygens (including phenoxy) is 3. The van der Waals surface area contributed by atoms with Gasteiger partial charge in [-0.3, -0.25) is 4.79 Å². The van der Waals surface area contributed by atoms with E-state index in [0.29, 0.717) is 28.4 Å². The number of anilines is 2. The summed E-state index contributed by atoms with van der Waals surface area (Å²) in [5, 5.41) is 5.72. The van der Waals surface area contributed by atoms with Crippen LogP contribution in [0.1, 0.15) is 10.4 Å². The zero-order valence-corrected chi connectivity index (χ0v) is 13.0. The Morgan fingerprint density at radius 2 is 1.92 bits per heavy atom. The molecule has 7 nitrogen and oxygen atoms in total. The van der Waals surface area contributed by atoms with Gasteiger partial charge in [0, 0.05) is 17.4 Å². The lowest BCUT2D eigenvalue weighted by molar-refractivity contribution is -0.114. The van der Waals surface area contributed by atoms with Crippen molar-refractivity contribution in [2.75, 3.05) is 31.1 Å². The molecular formula is C17H16N2O5. The average Bonchev–Trinajstić information content (AvgIpc) is 3.07. The van der Waals surface area contributed by atoms with Gasteiger partial charge in [0.1, 0.15) is 0 Å². The first-order chi connectivity index (χ1) is 11.7. The van der Waals surface area contributed by atoms with E-state index < -0.39 is 5.97 Å². The van der Waals surface area contributed by atoms with Gasteiger partial charge in [-0.1, -0.05) is 6.07 Å². The topological polar surface area (TPSA) is 85.9 Å². The number of esters is 1. The van der Waals surface area contributed by atoms with Crippen LogP contribution < -0.4 is 20.1 Å². The molecule has 0 saturated carbocycles. The standard InChI is InChI=1S/C17H16N2O5/c1-22-17(21)11-3-2-4-12(7-11)18-9-16(20)19-13-5-6-14-15(8-13)24-10-23-14/h2-8,18H,9-10H2,1H3,(H,19,20). The number of fused-ring (bicyclic) bond motifs is 1. The number of carbonyl (C=O) groups excluding carboxylic acids is 2. The van der Waals surface area contributed by atoms with Crippen LogP contribution >= 0.6 is 0 Å². The summed E-state index contributed by atoms with van der Waals surface area (Å²) in [6.45, 7) is 0.240. The molecule has 124 valence electrons. The van der Waals surface area contributed by atoms with E-state index in [9.17, 15) is 9.59 Å². The Morgan fingerprint density at radius 1 is 1.08 bits per heavy atom. The molecule has 0 unspecified atom stereocenters. The molecule has 0 radical (unpaired) electrons. The molecule has 2 aromatic carbocycles. The first kappa shape index (κ1) is 15.7. The molecule has 24 heavy (non-hydrogen) atoms. The molecule has 0 aliphatic carbocycles. The molecular weight excluding hydrogens is 312 g/mol. The highest BCUT2D eigenvalue weighted by Gasteiger charge is 2.14. The molecule has 3 rings (SSSR count). The van der Waals surface area contributed by atoms with Crippen LogP contribution in [0, 0.1) is 0 Å². The first-order valence-electron chi connectivity index (χ1n) is 7.27. The van der Waals surface area contributed by atoms with E-state index in [1.165, 1.54) is 7.11 Å². The summed E-state index contributed by atoms with van der Waals surface area (Å²) in [5.41, 5.74) is 1.69. The maximum Gasteiger partial charge on any atom is 0.337 e. The molecule has 0 atom stereocenters. The van der Waals surface area contributed by atoms with Gasteiger partial charge in [0.25, 0.3) is 0 Å². The fraction of sp³-hybridized carbons (Fsp3) is 0.176. The number of rotatable bonds is 5. The molecule has 2 N–H and O–H groups in total. The normalized spacial score (nSPS) is 11.7. The van der Waals surface area contributed by atoms with Gasteiger partial charge in [-0.2, -0.15) is 0 Å². The van der Waals surface area contributed by atoms with Crippen molar-refractivity contribution in [3.05, 3.63) is 48.0 Å². The molecule has 1 aliphatic heterocycles. The maximum atomic E-state index is 12.0. The average molecular weight is 328 g/mol. The largest absolute Gasteiger partial charge is 0.465 e. The second-order valence-corrected chi connectivity index (χ2v) is 5.04. The minimum atomic E-state index is -0.427. The van der Waals surface area contributed by atoms with Crippen LogP contribution in [0.4, 0.5) is 11.4 Å². The number of benzene rings is 2. The number of hydrogen-bond acceptors (Lipinski definition) is 6. The third-order valence-electron chi connectivity index (χ3n) is 3.39. The smallest absolute Gasteiger partial charge is 0.337 e. The van der Waals surface area contributed by atoms with Crippen molar-refractivity contribution < 1.29 is 23.8 Å². The SMILES string of the molecule is COC(=O)c1cccc(NCC(=O)Nc2ccc3c(c2)OCO3)c1. The monoisotopic (exact) mass is 328 g/mol. The predicted molar refractivity (Wildman–Crippen MR) is 87.5 cm³/mol. The molecule has 1 aliphatic rings. The van der Waals surface area contributed by atoms with Crippen LogP contribution in [-0.2, 0) is 9.53 Å². The van der Waals surface area contributed by atoms with Crippen molar-refractivity contribution in [1.82, 2.24) is 0 Å². The van der Waals surface area contributed by atoms with Gasteiger partial charge >= 0.3 is 5.97 Å². The maximum absolute atomic E-state index is 12.0. The Morgan fingerprint density at radius 3 is 2.75 bits per heavy atom. The molecule has 0 saturated heterocycles. The van der Waals surface area contributed by atoms with Gasteiger partial charge in [-0.25, -0.2) is 4.79 Å². The van der Waals surface area contributed by atoms with Crippen molar-refractivity contribution in [3.63, 3.8) is 0 Å². The Kier molecular flexibility index (Phi) is 4.51. The minimum absolute atomic E-state index is 0.0546. The Labute approximate surface area is 138 Å². The zero-order valence-electron chi connectivity index (χ0n) is 13.0. The molecule has 7 heteroatoms. The highest BCUT2D eigenvalue weighted by atomic mass is 16.7. The van der Waals surface area contributed by atoms with Gasteiger partial charge < -0.3 is 24.8 Å². The van der Waals surface area contributed by atoms with E-state index in [2.05, 4.69) is 15.4 Å². The molecule has 0 bridgehead atoms. The van der Waals surface area contributed by atoms with Crippen LogP contribution in [0.25, 0.3) is 0 Å². The number of amides is 1. The second-order valence-electron chi connectivity index (χ2n) is 5.04. The van der Waals surface area contributed by atoms with Crippen LogP contribution in [0.2, 0.25) is 0 Å². The summed E-state index contributed by atoms with van der Waals surface area (Å²) >= 11 is 0. The summed E-state index contributed by atoms with van der Waals surface area (Å²) in [6.07, 6.45) is 0. The van der Waals surface area contributed by atoms with E-state index in [1.807, 2.05) is 0 Å². The summed E-state index contributed by atoms with van der Waals surface area (Å²) in [7, 11) is 1.32. The first-order valence-corrected chi connectivity index (χ1v) is 7.27. The molecule has 0 spiro atoms. The summed E-state index contributed by atoms with van der Waals surface area (Å²) in [5.74, 6) is 0.609. The summed E-state index contributed by atoms with van der Waals surface area (Å²) in [4.78, 5) is 23.5. The number of carbonyl (C=O) groups is 2. The van der Waals surface area contributed by atoms with E-state index in [4.69, 9.17) is 9.47 Å². The van der Waals surface area contributed by atoms with Gasteiger partial charge in [0.2, 0.25) is 12.7 Å². The van der Waals surface area contributed by atoms with Crippen LogP contribution in [-0.4, -0.2) is 32.3 Å². The lowest BCUT2D eigenvalue weighted by atomic mass is 10.2. The second kappa shape index (κ2) is 6.91. The van der Waals surface area contributed by atoms with Crippen molar-refractivity contribution in [3.8, 4) is 11.5 Å². The van der Waals surface area contributed by atoms with Crippen molar-refractivity contribution in [1.29, 1.82) is 0 Å². The fourth-order valence-electron chi connectivity index (χ4n) is 2.24. The Balaban J connectivity index is 1.57. The van der Waals surface area contributed by atoms with Crippen molar-refractivity contribution in [2.24, 2.45) is 0 Å². The highest BCUT2D eigenvalue weighted by molar-refractivity contribution is 5.94. The van der Waals surface area contributed by atoms with E-state index in [1.54, 1.807) is 42.5 Å². The van der Waals surface area contributed by atoms with Crippen LogP contribution in [0.5, 0.6) is 11.5 Å². The van der Waals surface area contributed by atoms with Crippen LogP contribution in [0.3, 0.4) is 0 Å². The highest BCUT2D eigenvalue weighted by Crippen LogP contribution is 2.34. The molecule has 2 aromatic rings. The number of methoxy groups -OCH3 is 1. The fourth-order valence-corrected chi connectivity index (χ4v) is 2.24. The minimum Gasteiger partial charge on any atom is -0.465 e. The van der Waals surface area contributed by atoms with E-state index in [-0.39, 0.29) is 19.2 Å². The number of nitrogens with one attached hydrogen (secondary N) is 2. The van der Waals surface area contributed by atoms with E-state index >= 15 is 0 Å². The zero-order chi connectivity index (χ0) is 16.9. The summed E-state index contributed by atoms with van der Waals surface area (Å²) in [6, 6.07) is 11.9. The van der Waals surface area contributed by atoms with Crippen molar-refractivity contribution >= 4 is 23.3 Å². The van der Waals surface area contributed by atoms with Crippen molar-refractivity contribution in [2.45, 2.75) is 0 Å². The number of hydrogen-bond donors (Lipinski definition) is 2. The van der Waals surface area contributed by atoms with Gasteiger partial charge in [0.15, 0.2) is 11.5 Å². The molecule has 0 fully saturated rings. The lowest BCUT2D eigenvalue weighted by Gasteiger charge is -2.09. The predicted octanol–water partition coefficient (Wildman–Crippen LogP) is 2.25. The third kappa shape index (κ3) is 3.57. The lowest BCUT2D eigenvalue weighted by Crippen LogP contribution is -2.21. The van der Waals surface area contributed by atoms with E-state index in [0.717, 1.165) is 0 Å². The quantitative estimate of drug-likeness (QED) is 0.819. The molecule has 1 heterocycles. The Bertz CT molecular complexity index is 775. The van der Waals surface area contributed by atoms with Gasteiger partial charge in [0.05, 0.1) is 19.2 Å². The van der Waals surface area contributed by atoms with Gasteiger partial charge in [-0.05, 0) is 30.3 Å². The van der Waals surface area contributed by atoms with Crippen LogP contribution in [0.15, 0.2) is 42.5 Å².